The van der Waals surface area contributed by atoms with Gasteiger partial charge in [-0.3, -0.25) is 9.59 Å². The first kappa shape index (κ1) is 15.7. The lowest BCUT2D eigenvalue weighted by Gasteiger charge is -2.37. The fourth-order valence-corrected chi connectivity index (χ4v) is 3.70. The van der Waals surface area contributed by atoms with E-state index in [0.717, 1.165) is 16.3 Å². The van der Waals surface area contributed by atoms with Crippen molar-refractivity contribution in [2.75, 3.05) is 6.54 Å². The first-order valence-corrected chi connectivity index (χ1v) is 8.50. The lowest BCUT2D eigenvalue weighted by atomic mass is 9.90. The summed E-state index contributed by atoms with van der Waals surface area (Å²) in [4.78, 5) is 33.1. The number of amides is 1. The fraction of sp³-hybridized carbons (Fsp3) is 0.438. The number of likely N-dealkylation sites (tertiary alicyclic amines) is 1. The van der Waals surface area contributed by atoms with Gasteiger partial charge in [-0.05, 0) is 32.8 Å². The van der Waals surface area contributed by atoms with Crippen LogP contribution in [0.5, 0.6) is 0 Å². The molecule has 2 atom stereocenters. The van der Waals surface area contributed by atoms with Gasteiger partial charge >= 0.3 is 5.97 Å². The second-order valence-electron chi connectivity index (χ2n) is 5.88. The maximum Gasteiger partial charge on any atom is 0.308 e. The summed E-state index contributed by atoms with van der Waals surface area (Å²) in [6.07, 6.45) is 3.10. The number of thiazole rings is 1. The zero-order chi connectivity index (χ0) is 16.6. The smallest absolute Gasteiger partial charge is 0.308 e. The molecule has 0 spiro atoms. The lowest BCUT2D eigenvalue weighted by molar-refractivity contribution is -0.144. The van der Waals surface area contributed by atoms with Gasteiger partial charge < -0.3 is 15.0 Å². The van der Waals surface area contributed by atoms with E-state index in [0.29, 0.717) is 25.1 Å². The SMILES string of the molecule is Cc1nc(-c2c[nH]c(C(=O)N3CCC[C@@H](C(=O)O)[C@H]3C)c2)cs1. The zero-order valence-corrected chi connectivity index (χ0v) is 13.9. The summed E-state index contributed by atoms with van der Waals surface area (Å²) in [5.74, 6) is -1.48. The molecule has 0 radical (unpaired) electrons. The fourth-order valence-electron chi connectivity index (χ4n) is 3.08. The van der Waals surface area contributed by atoms with Gasteiger partial charge in [-0.1, -0.05) is 0 Å². The first-order valence-electron chi connectivity index (χ1n) is 7.62. The van der Waals surface area contributed by atoms with Crippen LogP contribution in [0.2, 0.25) is 0 Å². The van der Waals surface area contributed by atoms with Crippen molar-refractivity contribution in [3.8, 4) is 11.3 Å². The normalized spacial score (nSPS) is 21.4. The summed E-state index contributed by atoms with van der Waals surface area (Å²) in [6.45, 7) is 4.34. The minimum atomic E-state index is -0.833. The Labute approximate surface area is 138 Å². The molecule has 0 bridgehead atoms. The molecule has 1 aliphatic heterocycles. The van der Waals surface area contributed by atoms with E-state index in [-0.39, 0.29) is 11.9 Å². The molecule has 1 aliphatic rings. The Morgan fingerprint density at radius 1 is 1.48 bits per heavy atom. The average Bonchev–Trinajstić information content (AvgIpc) is 3.15. The number of H-pyrrole nitrogens is 1. The van der Waals surface area contributed by atoms with E-state index >= 15 is 0 Å². The Morgan fingerprint density at radius 2 is 2.26 bits per heavy atom. The molecular formula is C16H19N3O3S. The monoisotopic (exact) mass is 333 g/mol. The van der Waals surface area contributed by atoms with Crippen LogP contribution >= 0.6 is 11.3 Å². The van der Waals surface area contributed by atoms with E-state index in [1.54, 1.807) is 28.5 Å². The highest BCUT2D eigenvalue weighted by atomic mass is 32.1. The molecule has 3 rings (SSSR count). The lowest BCUT2D eigenvalue weighted by Crippen LogP contribution is -2.49. The molecule has 1 fully saturated rings. The van der Waals surface area contributed by atoms with Gasteiger partial charge in [-0.15, -0.1) is 11.3 Å². The number of piperidine rings is 1. The number of aliphatic carboxylic acids is 1. The van der Waals surface area contributed by atoms with Crippen LogP contribution in [0.25, 0.3) is 11.3 Å². The van der Waals surface area contributed by atoms with Crippen LogP contribution in [0.4, 0.5) is 0 Å². The summed E-state index contributed by atoms with van der Waals surface area (Å²) in [6, 6.07) is 1.48. The van der Waals surface area contributed by atoms with Gasteiger partial charge in [0.15, 0.2) is 0 Å². The predicted molar refractivity (Wildman–Crippen MR) is 87.5 cm³/mol. The van der Waals surface area contributed by atoms with Gasteiger partial charge in [0, 0.05) is 29.7 Å². The zero-order valence-electron chi connectivity index (χ0n) is 13.1. The minimum absolute atomic E-state index is 0.151. The number of carbonyl (C=O) groups excluding carboxylic acids is 1. The second-order valence-corrected chi connectivity index (χ2v) is 6.94. The number of hydrogen-bond acceptors (Lipinski definition) is 4. The highest BCUT2D eigenvalue weighted by Gasteiger charge is 2.36. The maximum absolute atomic E-state index is 12.7. The Kier molecular flexibility index (Phi) is 4.21. The van der Waals surface area contributed by atoms with E-state index in [4.69, 9.17) is 0 Å². The minimum Gasteiger partial charge on any atom is -0.481 e. The van der Waals surface area contributed by atoms with E-state index in [1.807, 2.05) is 19.2 Å². The number of aromatic nitrogens is 2. The topological polar surface area (TPSA) is 86.3 Å². The van der Waals surface area contributed by atoms with Gasteiger partial charge in [-0.2, -0.15) is 0 Å². The van der Waals surface area contributed by atoms with Crippen molar-refractivity contribution in [3.63, 3.8) is 0 Å². The molecule has 0 aromatic carbocycles. The molecule has 1 saturated heterocycles. The molecule has 0 aliphatic carbocycles. The molecule has 23 heavy (non-hydrogen) atoms. The molecule has 2 aromatic heterocycles. The number of aryl methyl sites for hydroxylation is 1. The third kappa shape index (κ3) is 3.01. The molecule has 0 saturated carbocycles. The van der Waals surface area contributed by atoms with E-state index in [1.165, 1.54) is 0 Å². The molecule has 1 amide bonds. The number of nitrogens with zero attached hydrogens (tertiary/aromatic N) is 2. The Balaban J connectivity index is 1.80. The van der Waals surface area contributed by atoms with Gasteiger partial charge in [0.05, 0.1) is 16.6 Å². The van der Waals surface area contributed by atoms with Gasteiger partial charge in [0.2, 0.25) is 0 Å². The van der Waals surface area contributed by atoms with Crippen molar-refractivity contribution in [1.82, 2.24) is 14.9 Å². The van der Waals surface area contributed by atoms with E-state index in [2.05, 4.69) is 9.97 Å². The third-order valence-electron chi connectivity index (χ3n) is 4.39. The second kappa shape index (κ2) is 6.16. The first-order chi connectivity index (χ1) is 11.0. The Morgan fingerprint density at radius 3 is 2.91 bits per heavy atom. The molecule has 7 heteroatoms. The van der Waals surface area contributed by atoms with Crippen LogP contribution in [0, 0.1) is 12.8 Å². The van der Waals surface area contributed by atoms with Crippen LogP contribution in [-0.2, 0) is 4.79 Å². The summed E-state index contributed by atoms with van der Waals surface area (Å²) in [7, 11) is 0. The summed E-state index contributed by atoms with van der Waals surface area (Å²) in [5.41, 5.74) is 2.19. The number of aromatic amines is 1. The third-order valence-corrected chi connectivity index (χ3v) is 5.17. The van der Waals surface area contributed by atoms with Crippen LogP contribution < -0.4 is 0 Å². The van der Waals surface area contributed by atoms with Crippen molar-refractivity contribution < 1.29 is 14.7 Å². The number of nitrogens with one attached hydrogen (secondary N) is 1. The van der Waals surface area contributed by atoms with E-state index < -0.39 is 11.9 Å². The van der Waals surface area contributed by atoms with Crippen molar-refractivity contribution in [2.45, 2.75) is 32.7 Å². The van der Waals surface area contributed by atoms with Gasteiger partial charge in [0.25, 0.3) is 5.91 Å². The van der Waals surface area contributed by atoms with Crippen molar-refractivity contribution in [1.29, 1.82) is 0 Å². The highest BCUT2D eigenvalue weighted by Crippen LogP contribution is 2.27. The predicted octanol–water partition coefficient (Wildman–Crippen LogP) is 2.77. The number of carbonyl (C=O) groups is 2. The summed E-state index contributed by atoms with van der Waals surface area (Å²) in [5, 5.41) is 12.2. The Hall–Kier alpha value is -2.15. The summed E-state index contributed by atoms with van der Waals surface area (Å²) < 4.78 is 0. The molecule has 2 N–H and O–H groups in total. The summed E-state index contributed by atoms with van der Waals surface area (Å²) >= 11 is 1.56. The molecule has 122 valence electrons. The number of carboxylic acid groups (broad SMARTS) is 1. The quantitative estimate of drug-likeness (QED) is 0.904. The van der Waals surface area contributed by atoms with Crippen molar-refractivity contribution in [2.24, 2.45) is 5.92 Å². The maximum atomic E-state index is 12.7. The standard InChI is InChI=1S/C16H19N3O3S/c1-9-12(16(21)22)4-3-5-19(9)15(20)13-6-11(7-17-13)14-8-23-10(2)18-14/h6-9,12,17H,3-5H2,1-2H3,(H,21,22)/t9-,12-/m1/s1. The van der Waals surface area contributed by atoms with Crippen LogP contribution in [-0.4, -0.2) is 44.4 Å². The van der Waals surface area contributed by atoms with Crippen LogP contribution in [0.15, 0.2) is 17.6 Å². The molecule has 0 unspecified atom stereocenters. The number of rotatable bonds is 3. The highest BCUT2D eigenvalue weighted by molar-refractivity contribution is 7.09. The Bertz CT molecular complexity index is 737. The molecule has 3 heterocycles. The van der Waals surface area contributed by atoms with Crippen LogP contribution in [0.1, 0.15) is 35.3 Å². The van der Waals surface area contributed by atoms with Crippen LogP contribution in [0.3, 0.4) is 0 Å². The van der Waals surface area contributed by atoms with E-state index in [9.17, 15) is 14.7 Å². The molecule has 2 aromatic rings. The van der Waals surface area contributed by atoms with Gasteiger partial charge in [0.1, 0.15) is 5.69 Å². The van der Waals surface area contributed by atoms with Gasteiger partial charge in [-0.25, -0.2) is 4.98 Å². The van der Waals surface area contributed by atoms with Crippen molar-refractivity contribution in [3.05, 3.63) is 28.3 Å². The van der Waals surface area contributed by atoms with Crippen molar-refractivity contribution >= 4 is 23.2 Å². The number of carboxylic acids is 1. The molecule has 6 nitrogen and oxygen atoms in total. The average molecular weight is 333 g/mol. The number of hydrogen-bond donors (Lipinski definition) is 2. The molecular weight excluding hydrogens is 314 g/mol. The largest absolute Gasteiger partial charge is 0.481 e.